The fourth-order valence-electron chi connectivity index (χ4n) is 3.40. The molecule has 0 radical (unpaired) electrons. The number of piperidine rings is 1. The second-order valence-corrected chi connectivity index (χ2v) is 6.41. The second-order valence-electron chi connectivity index (χ2n) is 6.41. The topological polar surface area (TPSA) is 50.5 Å². The number of hydrogen-bond donors (Lipinski definition) is 0. The molecule has 1 amide bonds. The Morgan fingerprint density at radius 2 is 1.96 bits per heavy atom. The number of nitrogens with zero attached hydrogens (tertiary/aromatic N) is 4. The highest BCUT2D eigenvalue weighted by Gasteiger charge is 2.25. The van der Waals surface area contributed by atoms with E-state index in [4.69, 9.17) is 0 Å². The highest BCUT2D eigenvalue weighted by atomic mass is 19.1. The molecule has 1 saturated heterocycles. The second kappa shape index (κ2) is 6.63. The molecule has 0 unspecified atom stereocenters. The van der Waals surface area contributed by atoms with Crippen LogP contribution in [0.15, 0.2) is 48.8 Å². The van der Waals surface area contributed by atoms with E-state index in [0.717, 1.165) is 24.2 Å². The van der Waals surface area contributed by atoms with Gasteiger partial charge in [0, 0.05) is 37.0 Å². The zero-order chi connectivity index (χ0) is 17.2. The highest BCUT2D eigenvalue weighted by molar-refractivity contribution is 5.79. The van der Waals surface area contributed by atoms with Crippen molar-refractivity contribution in [3.63, 3.8) is 0 Å². The van der Waals surface area contributed by atoms with Crippen LogP contribution < -0.4 is 0 Å². The van der Waals surface area contributed by atoms with Crippen molar-refractivity contribution in [1.82, 2.24) is 19.5 Å². The molecule has 6 heteroatoms. The summed E-state index contributed by atoms with van der Waals surface area (Å²) in [7, 11) is 0. The fourth-order valence-corrected chi connectivity index (χ4v) is 3.40. The first kappa shape index (κ1) is 15.7. The molecule has 3 heterocycles. The number of aromatic nitrogens is 3. The molecule has 128 valence electrons. The summed E-state index contributed by atoms with van der Waals surface area (Å²) in [4.78, 5) is 18.9. The highest BCUT2D eigenvalue weighted by Crippen LogP contribution is 2.27. The summed E-state index contributed by atoms with van der Waals surface area (Å²) in [6, 6.07) is 10.4. The first-order valence-electron chi connectivity index (χ1n) is 8.52. The molecule has 1 aliphatic heterocycles. The quantitative estimate of drug-likeness (QED) is 0.738. The van der Waals surface area contributed by atoms with Crippen molar-refractivity contribution in [3.8, 4) is 0 Å². The third-order valence-corrected chi connectivity index (χ3v) is 4.85. The van der Waals surface area contributed by atoms with Crippen molar-refractivity contribution in [2.75, 3.05) is 13.1 Å². The van der Waals surface area contributed by atoms with Gasteiger partial charge in [-0.05, 0) is 30.5 Å². The summed E-state index contributed by atoms with van der Waals surface area (Å²) in [5, 5.41) is 4.16. The first-order valence-corrected chi connectivity index (χ1v) is 8.52. The minimum atomic E-state index is -0.316. The van der Waals surface area contributed by atoms with Gasteiger partial charge in [-0.15, -0.1) is 0 Å². The van der Waals surface area contributed by atoms with Crippen LogP contribution in [0.2, 0.25) is 0 Å². The van der Waals surface area contributed by atoms with Gasteiger partial charge in [0.15, 0.2) is 5.65 Å². The number of carbonyl (C=O) groups is 1. The molecule has 0 N–H and O–H groups in total. The number of hydrogen-bond acceptors (Lipinski definition) is 3. The van der Waals surface area contributed by atoms with Crippen LogP contribution >= 0.6 is 0 Å². The van der Waals surface area contributed by atoms with Crippen molar-refractivity contribution in [1.29, 1.82) is 0 Å². The number of carbonyl (C=O) groups excluding carboxylic acids is 1. The lowest BCUT2D eigenvalue weighted by molar-refractivity contribution is -0.131. The molecule has 5 nitrogen and oxygen atoms in total. The zero-order valence-corrected chi connectivity index (χ0v) is 13.8. The van der Waals surface area contributed by atoms with Crippen molar-refractivity contribution >= 4 is 11.6 Å². The van der Waals surface area contributed by atoms with Crippen LogP contribution in [-0.4, -0.2) is 38.5 Å². The molecule has 0 saturated carbocycles. The van der Waals surface area contributed by atoms with E-state index in [1.165, 1.54) is 6.07 Å². The van der Waals surface area contributed by atoms with Gasteiger partial charge < -0.3 is 4.90 Å². The molecule has 1 aromatic carbocycles. The van der Waals surface area contributed by atoms with Gasteiger partial charge in [-0.1, -0.05) is 18.2 Å². The van der Waals surface area contributed by atoms with Crippen LogP contribution in [0, 0.1) is 5.82 Å². The summed E-state index contributed by atoms with van der Waals surface area (Å²) in [6.45, 7) is 1.37. The van der Waals surface area contributed by atoms with Crippen molar-refractivity contribution in [2.24, 2.45) is 0 Å². The lowest BCUT2D eigenvalue weighted by atomic mass is 9.93. The Kier molecular flexibility index (Phi) is 4.17. The summed E-state index contributed by atoms with van der Waals surface area (Å²) in [6.07, 6.45) is 5.53. The number of likely N-dealkylation sites (tertiary alicyclic amines) is 1. The number of benzene rings is 1. The van der Waals surface area contributed by atoms with E-state index in [1.54, 1.807) is 28.9 Å². The standard InChI is InChI=1S/C19H19FN4O/c20-16-4-2-1-3-15(16)13-19(25)23-10-6-14(7-11-23)17-8-12-24-18(22-17)5-9-21-24/h1-5,8-9,12,14H,6-7,10-11,13H2. The summed E-state index contributed by atoms with van der Waals surface area (Å²) in [5.74, 6) is 0.0178. The maximum absolute atomic E-state index is 13.7. The van der Waals surface area contributed by atoms with Gasteiger partial charge in [-0.3, -0.25) is 4.79 Å². The number of rotatable bonds is 3. The largest absolute Gasteiger partial charge is 0.342 e. The van der Waals surface area contributed by atoms with Gasteiger partial charge in [-0.2, -0.15) is 5.10 Å². The molecule has 4 rings (SSSR count). The van der Waals surface area contributed by atoms with E-state index >= 15 is 0 Å². The van der Waals surface area contributed by atoms with Gasteiger partial charge in [0.25, 0.3) is 0 Å². The first-order chi connectivity index (χ1) is 12.2. The van der Waals surface area contributed by atoms with Crippen LogP contribution in [-0.2, 0) is 11.2 Å². The van der Waals surface area contributed by atoms with Gasteiger partial charge in [0.1, 0.15) is 5.82 Å². The Balaban J connectivity index is 1.39. The minimum Gasteiger partial charge on any atom is -0.342 e. The Labute approximate surface area is 145 Å². The number of amides is 1. The Morgan fingerprint density at radius 1 is 1.16 bits per heavy atom. The van der Waals surface area contributed by atoms with Crippen molar-refractivity contribution < 1.29 is 9.18 Å². The summed E-state index contributed by atoms with van der Waals surface area (Å²) < 4.78 is 15.5. The average molecular weight is 338 g/mol. The molecule has 0 bridgehead atoms. The molecule has 0 spiro atoms. The average Bonchev–Trinajstić information content (AvgIpc) is 3.11. The van der Waals surface area contributed by atoms with Crippen LogP contribution in [0.3, 0.4) is 0 Å². The minimum absolute atomic E-state index is 0.0113. The SMILES string of the molecule is O=C(Cc1ccccc1F)N1CCC(c2ccn3nccc3n2)CC1. The lowest BCUT2D eigenvalue weighted by Crippen LogP contribution is -2.39. The third kappa shape index (κ3) is 3.24. The van der Waals surface area contributed by atoms with Crippen LogP contribution in [0.4, 0.5) is 4.39 Å². The smallest absolute Gasteiger partial charge is 0.227 e. The van der Waals surface area contributed by atoms with Crippen LogP contribution in [0.25, 0.3) is 5.65 Å². The Hall–Kier alpha value is -2.76. The maximum Gasteiger partial charge on any atom is 0.227 e. The van der Waals surface area contributed by atoms with Crippen LogP contribution in [0.1, 0.15) is 30.0 Å². The molecule has 1 fully saturated rings. The summed E-state index contributed by atoms with van der Waals surface area (Å²) >= 11 is 0. The zero-order valence-electron chi connectivity index (χ0n) is 13.8. The van der Waals surface area contributed by atoms with Gasteiger partial charge in [-0.25, -0.2) is 13.9 Å². The normalized spacial score (nSPS) is 15.6. The third-order valence-electron chi connectivity index (χ3n) is 4.85. The van der Waals surface area contributed by atoms with E-state index in [1.807, 2.05) is 23.2 Å². The molecule has 0 aliphatic carbocycles. The monoisotopic (exact) mass is 338 g/mol. The van der Waals surface area contributed by atoms with Crippen molar-refractivity contribution in [3.05, 3.63) is 65.9 Å². The molecule has 0 atom stereocenters. The fraction of sp³-hybridized carbons (Fsp3) is 0.316. The van der Waals surface area contributed by atoms with E-state index in [9.17, 15) is 9.18 Å². The van der Waals surface area contributed by atoms with Crippen LogP contribution in [0.5, 0.6) is 0 Å². The maximum atomic E-state index is 13.7. The van der Waals surface area contributed by atoms with E-state index < -0.39 is 0 Å². The Bertz CT molecular complexity index is 899. The van der Waals surface area contributed by atoms with E-state index in [0.29, 0.717) is 24.6 Å². The lowest BCUT2D eigenvalue weighted by Gasteiger charge is -2.32. The number of fused-ring (bicyclic) bond motifs is 1. The molecule has 2 aromatic heterocycles. The van der Waals surface area contributed by atoms with Crippen molar-refractivity contribution in [2.45, 2.75) is 25.2 Å². The van der Waals surface area contributed by atoms with Gasteiger partial charge in [0.2, 0.25) is 5.91 Å². The molecule has 1 aliphatic rings. The van der Waals surface area contributed by atoms with E-state index in [-0.39, 0.29) is 18.1 Å². The number of halogens is 1. The molecule has 25 heavy (non-hydrogen) atoms. The molecular weight excluding hydrogens is 319 g/mol. The predicted octanol–water partition coefficient (Wildman–Crippen LogP) is 2.82. The van der Waals surface area contributed by atoms with Gasteiger partial charge >= 0.3 is 0 Å². The van der Waals surface area contributed by atoms with Gasteiger partial charge in [0.05, 0.1) is 12.6 Å². The Morgan fingerprint density at radius 3 is 2.76 bits per heavy atom. The van der Waals surface area contributed by atoms with E-state index in [2.05, 4.69) is 10.1 Å². The molecular formula is C19H19FN4O. The predicted molar refractivity (Wildman–Crippen MR) is 91.6 cm³/mol. The molecule has 3 aromatic rings. The summed E-state index contributed by atoms with van der Waals surface area (Å²) in [5.41, 5.74) is 2.35.